The van der Waals surface area contributed by atoms with Crippen LogP contribution in [-0.2, 0) is 17.5 Å². The number of amides is 1. The first-order valence-electron chi connectivity index (χ1n) is 10.1. The van der Waals surface area contributed by atoms with Crippen LogP contribution in [0.15, 0.2) is 29.3 Å². The van der Waals surface area contributed by atoms with Gasteiger partial charge in [-0.25, -0.2) is 4.98 Å². The van der Waals surface area contributed by atoms with Gasteiger partial charge in [0.1, 0.15) is 11.4 Å². The topological polar surface area (TPSA) is 55.2 Å². The van der Waals surface area contributed by atoms with Crippen LogP contribution < -0.4 is 5.56 Å². The maximum atomic E-state index is 13.3. The van der Waals surface area contributed by atoms with Crippen molar-refractivity contribution in [2.75, 3.05) is 13.1 Å². The fraction of sp³-hybridized carbons (Fsp3) is 0.409. The van der Waals surface area contributed by atoms with Crippen molar-refractivity contribution in [3.63, 3.8) is 0 Å². The number of aryl methyl sites for hydroxylation is 2. The number of carbonyl (C=O) groups excluding carboxylic acids is 1. The number of piperidine rings is 1. The number of likely N-dealkylation sites (tertiary alicyclic amines) is 1. The van der Waals surface area contributed by atoms with E-state index < -0.39 is 17.3 Å². The molecule has 0 atom stereocenters. The number of halogens is 3. The maximum Gasteiger partial charge on any atom is 0.416 e. The standard InChI is InChI=1S/C22H22F3N3O2S/c1-13-8-15(10-16(9-13)22(23,24)25)18-14(2)31-20-19(18)21(30)28(12-26-20)11-17(29)27-6-4-3-5-7-27/h8-10,12H,3-7,11H2,1-2H3. The molecule has 1 fully saturated rings. The highest BCUT2D eigenvalue weighted by Gasteiger charge is 2.31. The number of nitrogens with zero attached hydrogens (tertiary/aromatic N) is 3. The molecule has 1 aromatic carbocycles. The molecule has 5 nitrogen and oxygen atoms in total. The molecule has 3 aromatic rings. The van der Waals surface area contributed by atoms with E-state index in [4.69, 9.17) is 0 Å². The van der Waals surface area contributed by atoms with Gasteiger partial charge in [0, 0.05) is 23.5 Å². The lowest BCUT2D eigenvalue weighted by Crippen LogP contribution is -2.39. The van der Waals surface area contributed by atoms with Crippen LogP contribution in [0.2, 0.25) is 0 Å². The van der Waals surface area contributed by atoms with Gasteiger partial charge < -0.3 is 4.90 Å². The lowest BCUT2D eigenvalue weighted by Gasteiger charge is -2.26. The molecule has 1 saturated heterocycles. The zero-order valence-corrected chi connectivity index (χ0v) is 18.1. The molecule has 0 N–H and O–H groups in total. The molecular weight excluding hydrogens is 427 g/mol. The van der Waals surface area contributed by atoms with Gasteiger partial charge in [-0.05, 0) is 56.4 Å². The summed E-state index contributed by atoms with van der Waals surface area (Å²) in [6, 6.07) is 3.79. The average Bonchev–Trinajstić information content (AvgIpc) is 3.06. The number of aromatic nitrogens is 2. The molecule has 3 heterocycles. The van der Waals surface area contributed by atoms with Crippen molar-refractivity contribution >= 4 is 27.5 Å². The zero-order valence-electron chi connectivity index (χ0n) is 17.3. The predicted octanol–water partition coefficient (Wildman–Crippen LogP) is 4.77. The summed E-state index contributed by atoms with van der Waals surface area (Å²) in [5.41, 5.74) is 0.0603. The van der Waals surface area contributed by atoms with E-state index in [-0.39, 0.29) is 17.8 Å². The summed E-state index contributed by atoms with van der Waals surface area (Å²) >= 11 is 1.26. The molecule has 9 heteroatoms. The van der Waals surface area contributed by atoms with E-state index in [1.165, 1.54) is 22.2 Å². The molecule has 1 aliphatic rings. The number of fused-ring (bicyclic) bond motifs is 1. The Bertz CT molecular complexity index is 1210. The Labute approximate surface area is 181 Å². The van der Waals surface area contributed by atoms with Gasteiger partial charge in [-0.2, -0.15) is 13.2 Å². The van der Waals surface area contributed by atoms with Crippen LogP contribution in [0.3, 0.4) is 0 Å². The summed E-state index contributed by atoms with van der Waals surface area (Å²) in [5.74, 6) is -0.147. The maximum absolute atomic E-state index is 13.3. The van der Waals surface area contributed by atoms with E-state index >= 15 is 0 Å². The largest absolute Gasteiger partial charge is 0.416 e. The molecule has 1 aliphatic heterocycles. The Morgan fingerprint density at radius 2 is 1.84 bits per heavy atom. The number of rotatable bonds is 3. The summed E-state index contributed by atoms with van der Waals surface area (Å²) in [4.78, 5) is 33.1. The highest BCUT2D eigenvalue weighted by atomic mass is 32.1. The Morgan fingerprint density at radius 1 is 1.13 bits per heavy atom. The third-order valence-electron chi connectivity index (χ3n) is 5.56. The Kier molecular flexibility index (Phi) is 5.63. The van der Waals surface area contributed by atoms with Gasteiger partial charge in [0.15, 0.2) is 0 Å². The molecule has 0 radical (unpaired) electrons. The van der Waals surface area contributed by atoms with Crippen LogP contribution in [0.1, 0.15) is 35.3 Å². The highest BCUT2D eigenvalue weighted by Crippen LogP contribution is 2.39. The number of hydrogen-bond acceptors (Lipinski definition) is 4. The number of hydrogen-bond donors (Lipinski definition) is 0. The Balaban J connectivity index is 1.80. The monoisotopic (exact) mass is 449 g/mol. The van der Waals surface area contributed by atoms with Crippen molar-refractivity contribution in [3.8, 4) is 11.1 Å². The van der Waals surface area contributed by atoms with Crippen LogP contribution in [0.25, 0.3) is 21.3 Å². The smallest absolute Gasteiger partial charge is 0.341 e. The molecule has 0 aliphatic carbocycles. The first-order chi connectivity index (χ1) is 14.6. The summed E-state index contributed by atoms with van der Waals surface area (Å²) < 4.78 is 41.3. The first-order valence-corrected chi connectivity index (χ1v) is 10.9. The molecule has 0 saturated carbocycles. The number of alkyl halides is 3. The van der Waals surface area contributed by atoms with Crippen molar-refractivity contribution in [3.05, 3.63) is 50.9 Å². The lowest BCUT2D eigenvalue weighted by molar-refractivity contribution is -0.137. The van der Waals surface area contributed by atoms with E-state index in [2.05, 4.69) is 4.98 Å². The second-order valence-electron chi connectivity index (χ2n) is 7.92. The third kappa shape index (κ3) is 4.23. The van der Waals surface area contributed by atoms with Crippen LogP contribution >= 0.6 is 11.3 Å². The molecule has 2 aromatic heterocycles. The third-order valence-corrected chi connectivity index (χ3v) is 6.58. The zero-order chi connectivity index (χ0) is 22.3. The van der Waals surface area contributed by atoms with Crippen molar-refractivity contribution < 1.29 is 18.0 Å². The summed E-state index contributed by atoms with van der Waals surface area (Å²) in [5, 5.41) is 0.259. The van der Waals surface area contributed by atoms with E-state index in [1.807, 2.05) is 0 Å². The van der Waals surface area contributed by atoms with Crippen LogP contribution in [0, 0.1) is 13.8 Å². The number of carbonyl (C=O) groups is 1. The van der Waals surface area contributed by atoms with Crippen molar-refractivity contribution in [2.45, 2.75) is 45.8 Å². The van der Waals surface area contributed by atoms with Gasteiger partial charge in [0.25, 0.3) is 5.56 Å². The Hall–Kier alpha value is -2.68. The second-order valence-corrected chi connectivity index (χ2v) is 9.12. The first kappa shape index (κ1) is 21.5. The fourth-order valence-corrected chi connectivity index (χ4v) is 5.08. The summed E-state index contributed by atoms with van der Waals surface area (Å²) in [6.07, 6.45) is -0.157. The highest BCUT2D eigenvalue weighted by molar-refractivity contribution is 7.19. The van der Waals surface area contributed by atoms with Crippen molar-refractivity contribution in [1.82, 2.24) is 14.5 Å². The van der Waals surface area contributed by atoms with Gasteiger partial charge in [0.2, 0.25) is 5.91 Å². The predicted molar refractivity (Wildman–Crippen MR) is 114 cm³/mol. The SMILES string of the molecule is Cc1cc(-c2c(C)sc3ncn(CC(=O)N4CCCCC4)c(=O)c23)cc(C(F)(F)F)c1. The van der Waals surface area contributed by atoms with Gasteiger partial charge >= 0.3 is 6.18 Å². The normalized spacial score (nSPS) is 14.9. The van der Waals surface area contributed by atoms with Gasteiger partial charge in [-0.15, -0.1) is 11.3 Å². The van der Waals surface area contributed by atoms with Crippen molar-refractivity contribution in [1.29, 1.82) is 0 Å². The van der Waals surface area contributed by atoms with Crippen LogP contribution in [0.4, 0.5) is 13.2 Å². The van der Waals surface area contributed by atoms with Crippen LogP contribution in [-0.4, -0.2) is 33.4 Å². The van der Waals surface area contributed by atoms with E-state index in [0.29, 0.717) is 39.5 Å². The minimum absolute atomic E-state index is 0.127. The molecule has 0 spiro atoms. The molecule has 31 heavy (non-hydrogen) atoms. The average molecular weight is 449 g/mol. The molecule has 0 bridgehead atoms. The van der Waals surface area contributed by atoms with Gasteiger partial charge in [-0.3, -0.25) is 14.2 Å². The molecule has 4 rings (SSSR count). The van der Waals surface area contributed by atoms with Gasteiger partial charge in [0.05, 0.1) is 17.3 Å². The fourth-order valence-electron chi connectivity index (χ4n) is 4.08. The molecule has 1 amide bonds. The number of thiophene rings is 1. The molecular formula is C22H22F3N3O2S. The van der Waals surface area contributed by atoms with E-state index in [9.17, 15) is 22.8 Å². The molecule has 164 valence electrons. The Morgan fingerprint density at radius 3 is 2.52 bits per heavy atom. The lowest BCUT2D eigenvalue weighted by atomic mass is 9.98. The van der Waals surface area contributed by atoms with E-state index in [0.717, 1.165) is 31.4 Å². The minimum atomic E-state index is -4.49. The second kappa shape index (κ2) is 8.11. The van der Waals surface area contributed by atoms with Crippen molar-refractivity contribution in [2.24, 2.45) is 0 Å². The summed E-state index contributed by atoms with van der Waals surface area (Å²) in [7, 11) is 0. The van der Waals surface area contributed by atoms with Gasteiger partial charge in [-0.1, -0.05) is 6.07 Å². The minimum Gasteiger partial charge on any atom is -0.341 e. The molecule has 0 unspecified atom stereocenters. The quantitative estimate of drug-likeness (QED) is 0.579. The van der Waals surface area contributed by atoms with E-state index in [1.54, 1.807) is 24.8 Å². The summed E-state index contributed by atoms with van der Waals surface area (Å²) in [6.45, 7) is 4.58. The van der Waals surface area contributed by atoms with Crippen LogP contribution in [0.5, 0.6) is 0 Å². The number of benzene rings is 1.